The van der Waals surface area contributed by atoms with E-state index in [0.29, 0.717) is 24.3 Å². The van der Waals surface area contributed by atoms with Crippen LogP contribution in [0.25, 0.3) is 0 Å². The number of carbonyl (C=O) groups excluding carboxylic acids is 1. The molecule has 2 amide bonds. The van der Waals surface area contributed by atoms with Gasteiger partial charge in [0, 0.05) is 12.2 Å². The Balaban J connectivity index is 1.94. The van der Waals surface area contributed by atoms with E-state index in [1.54, 1.807) is 13.8 Å². The fraction of sp³-hybridized carbons (Fsp3) is 0.462. The minimum atomic E-state index is -1.40. The normalized spacial score (nSPS) is 17.0. The van der Waals surface area contributed by atoms with Gasteiger partial charge in [0.15, 0.2) is 0 Å². The standard InChI is InChI=1S/C26H34FN3O3/c1-5-18(16-24(31)32)19-10-13-22(30-14-6-7-23(30)26(3,4)27)21(15-19)29-25(33)28-20-11-8-17(2)9-12-20/h8-13,15,18,23H,5-7,14,16H2,1-4H3,(H,31,32)(H2,28,29,33)/t18-,23?/m0/s1. The molecule has 2 aromatic carbocycles. The summed E-state index contributed by atoms with van der Waals surface area (Å²) in [6.07, 6.45) is 2.27. The third-order valence-corrected chi connectivity index (χ3v) is 6.32. The quantitative estimate of drug-likeness (QED) is 0.435. The number of alkyl halides is 1. The highest BCUT2D eigenvalue weighted by Gasteiger charge is 2.38. The van der Waals surface area contributed by atoms with Crippen molar-refractivity contribution < 1.29 is 19.1 Å². The molecule has 0 radical (unpaired) electrons. The molecule has 2 aromatic rings. The number of amides is 2. The van der Waals surface area contributed by atoms with Gasteiger partial charge in [-0.05, 0) is 75.8 Å². The topological polar surface area (TPSA) is 81.7 Å². The molecule has 1 aliphatic rings. The number of carbonyl (C=O) groups is 2. The lowest BCUT2D eigenvalue weighted by atomic mass is 9.92. The third-order valence-electron chi connectivity index (χ3n) is 6.32. The number of carboxylic acids is 1. The predicted octanol–water partition coefficient (Wildman–Crippen LogP) is 6.32. The van der Waals surface area contributed by atoms with E-state index < -0.39 is 17.7 Å². The Kier molecular flexibility index (Phi) is 7.61. The highest BCUT2D eigenvalue weighted by molar-refractivity contribution is 6.02. The summed E-state index contributed by atoms with van der Waals surface area (Å²) in [5, 5.41) is 15.1. The van der Waals surface area contributed by atoms with Crippen LogP contribution in [-0.2, 0) is 4.79 Å². The molecular formula is C26H34FN3O3. The zero-order valence-electron chi connectivity index (χ0n) is 19.8. The smallest absolute Gasteiger partial charge is 0.323 e. The number of hydrogen-bond donors (Lipinski definition) is 3. The number of carboxylic acid groups (broad SMARTS) is 1. The average Bonchev–Trinajstić information content (AvgIpc) is 3.24. The molecule has 1 heterocycles. The van der Waals surface area contributed by atoms with Gasteiger partial charge >= 0.3 is 12.0 Å². The van der Waals surface area contributed by atoms with Crippen LogP contribution in [0.3, 0.4) is 0 Å². The fourth-order valence-electron chi connectivity index (χ4n) is 4.56. The maximum Gasteiger partial charge on any atom is 0.323 e. The Bertz CT molecular complexity index is 985. The van der Waals surface area contributed by atoms with Crippen molar-refractivity contribution >= 4 is 29.1 Å². The molecule has 6 nitrogen and oxygen atoms in total. The molecule has 0 spiro atoms. The van der Waals surface area contributed by atoms with Crippen LogP contribution in [0.1, 0.15) is 63.5 Å². The van der Waals surface area contributed by atoms with Crippen molar-refractivity contribution in [1.82, 2.24) is 0 Å². The van der Waals surface area contributed by atoms with Gasteiger partial charge in [-0.3, -0.25) is 4.79 Å². The maximum atomic E-state index is 14.9. The Morgan fingerprint density at radius 3 is 2.48 bits per heavy atom. The number of aryl methyl sites for hydroxylation is 1. The summed E-state index contributed by atoms with van der Waals surface area (Å²) in [4.78, 5) is 26.2. The number of urea groups is 1. The molecule has 33 heavy (non-hydrogen) atoms. The Hall–Kier alpha value is -3.09. The molecule has 1 saturated heterocycles. The summed E-state index contributed by atoms with van der Waals surface area (Å²) in [5.74, 6) is -1.04. The number of nitrogens with one attached hydrogen (secondary N) is 2. The second-order valence-corrected chi connectivity index (χ2v) is 9.34. The van der Waals surface area contributed by atoms with E-state index in [1.807, 2.05) is 61.2 Å². The number of rotatable bonds is 8. The van der Waals surface area contributed by atoms with E-state index in [0.717, 1.165) is 29.7 Å². The monoisotopic (exact) mass is 455 g/mol. The minimum absolute atomic E-state index is 0.00863. The molecule has 0 aliphatic carbocycles. The zero-order chi connectivity index (χ0) is 24.2. The van der Waals surface area contributed by atoms with E-state index in [9.17, 15) is 19.1 Å². The van der Waals surface area contributed by atoms with Crippen molar-refractivity contribution in [2.24, 2.45) is 0 Å². The van der Waals surface area contributed by atoms with E-state index in [2.05, 4.69) is 10.6 Å². The second kappa shape index (κ2) is 10.2. The van der Waals surface area contributed by atoms with E-state index >= 15 is 0 Å². The molecular weight excluding hydrogens is 421 g/mol. The molecule has 3 rings (SSSR count). The molecule has 1 aliphatic heterocycles. The lowest BCUT2D eigenvalue weighted by Gasteiger charge is -2.35. The Labute approximate surface area is 195 Å². The van der Waals surface area contributed by atoms with Crippen LogP contribution in [0.5, 0.6) is 0 Å². The summed E-state index contributed by atoms with van der Waals surface area (Å²) in [7, 11) is 0. The maximum absolute atomic E-state index is 14.9. The van der Waals surface area contributed by atoms with Crippen molar-refractivity contribution in [3.63, 3.8) is 0 Å². The van der Waals surface area contributed by atoms with Crippen molar-refractivity contribution in [2.45, 2.75) is 71.0 Å². The summed E-state index contributed by atoms with van der Waals surface area (Å²) in [5.41, 5.74) is 2.50. The van der Waals surface area contributed by atoms with E-state index in [1.165, 1.54) is 0 Å². The summed E-state index contributed by atoms with van der Waals surface area (Å²) >= 11 is 0. The summed E-state index contributed by atoms with van der Waals surface area (Å²) < 4.78 is 14.9. The largest absolute Gasteiger partial charge is 0.481 e. The fourth-order valence-corrected chi connectivity index (χ4v) is 4.56. The number of benzene rings is 2. The first kappa shape index (κ1) is 24.6. The van der Waals surface area contributed by atoms with Crippen LogP contribution in [0.4, 0.5) is 26.2 Å². The molecule has 2 atom stereocenters. The van der Waals surface area contributed by atoms with Gasteiger partial charge in [0.2, 0.25) is 0 Å². The predicted molar refractivity (Wildman–Crippen MR) is 131 cm³/mol. The van der Waals surface area contributed by atoms with Crippen molar-refractivity contribution in [3.8, 4) is 0 Å². The van der Waals surface area contributed by atoms with E-state index in [-0.39, 0.29) is 18.4 Å². The average molecular weight is 456 g/mol. The van der Waals surface area contributed by atoms with Gasteiger partial charge in [0.25, 0.3) is 0 Å². The molecule has 1 unspecified atom stereocenters. The highest BCUT2D eigenvalue weighted by Crippen LogP contribution is 2.39. The lowest BCUT2D eigenvalue weighted by molar-refractivity contribution is -0.137. The molecule has 3 N–H and O–H groups in total. The molecule has 178 valence electrons. The van der Waals surface area contributed by atoms with Gasteiger partial charge in [-0.1, -0.05) is 30.7 Å². The van der Waals surface area contributed by atoms with Gasteiger partial charge < -0.3 is 20.6 Å². The van der Waals surface area contributed by atoms with Gasteiger partial charge in [-0.2, -0.15) is 0 Å². The Morgan fingerprint density at radius 2 is 1.88 bits per heavy atom. The van der Waals surface area contributed by atoms with Gasteiger partial charge in [0.1, 0.15) is 5.67 Å². The first-order chi connectivity index (χ1) is 15.6. The van der Waals surface area contributed by atoms with Crippen LogP contribution >= 0.6 is 0 Å². The number of halogens is 1. The first-order valence-electron chi connectivity index (χ1n) is 11.5. The van der Waals surface area contributed by atoms with Crippen molar-refractivity contribution in [3.05, 3.63) is 53.6 Å². The second-order valence-electron chi connectivity index (χ2n) is 9.34. The van der Waals surface area contributed by atoms with Crippen molar-refractivity contribution in [2.75, 3.05) is 22.1 Å². The molecule has 0 bridgehead atoms. The lowest BCUT2D eigenvalue weighted by Crippen LogP contribution is -2.43. The molecule has 0 saturated carbocycles. The van der Waals surface area contributed by atoms with Gasteiger partial charge in [0.05, 0.1) is 23.8 Å². The first-order valence-corrected chi connectivity index (χ1v) is 11.5. The summed E-state index contributed by atoms with van der Waals surface area (Å²) in [6, 6.07) is 12.4. The van der Waals surface area contributed by atoms with Gasteiger partial charge in [-0.15, -0.1) is 0 Å². The van der Waals surface area contributed by atoms with Crippen LogP contribution in [0, 0.1) is 6.92 Å². The van der Waals surface area contributed by atoms with Crippen LogP contribution in [0.15, 0.2) is 42.5 Å². The van der Waals surface area contributed by atoms with Crippen LogP contribution in [0.2, 0.25) is 0 Å². The number of aliphatic carboxylic acids is 1. The number of hydrogen-bond acceptors (Lipinski definition) is 3. The summed E-state index contributed by atoms with van der Waals surface area (Å²) in [6.45, 7) is 7.78. The minimum Gasteiger partial charge on any atom is -0.481 e. The number of nitrogens with zero attached hydrogens (tertiary/aromatic N) is 1. The zero-order valence-corrected chi connectivity index (χ0v) is 19.8. The van der Waals surface area contributed by atoms with Crippen LogP contribution < -0.4 is 15.5 Å². The molecule has 0 aromatic heterocycles. The molecule has 1 fully saturated rings. The van der Waals surface area contributed by atoms with Crippen molar-refractivity contribution in [1.29, 1.82) is 0 Å². The Morgan fingerprint density at radius 1 is 1.18 bits per heavy atom. The van der Waals surface area contributed by atoms with Gasteiger partial charge in [-0.25, -0.2) is 9.18 Å². The van der Waals surface area contributed by atoms with E-state index in [4.69, 9.17) is 0 Å². The highest BCUT2D eigenvalue weighted by atomic mass is 19.1. The number of anilines is 3. The third kappa shape index (κ3) is 6.24. The molecule has 7 heteroatoms. The SMILES string of the molecule is CC[C@@H](CC(=O)O)c1ccc(N2CCCC2C(C)(C)F)c(NC(=O)Nc2ccc(C)cc2)c1. The van der Waals surface area contributed by atoms with Crippen LogP contribution in [-0.4, -0.2) is 35.4 Å².